The van der Waals surface area contributed by atoms with Crippen molar-refractivity contribution in [2.75, 3.05) is 13.1 Å². The molecule has 1 saturated heterocycles. The number of aromatic nitrogens is 2. The maximum absolute atomic E-state index is 12.3. The summed E-state index contributed by atoms with van der Waals surface area (Å²) in [5, 5.41) is 4.10. The zero-order valence-electron chi connectivity index (χ0n) is 14.7. The molecular formula is C19H25N3O2. The van der Waals surface area contributed by atoms with Crippen LogP contribution < -0.4 is 0 Å². The van der Waals surface area contributed by atoms with Crippen molar-refractivity contribution in [3.63, 3.8) is 0 Å². The predicted molar refractivity (Wildman–Crippen MR) is 92.4 cm³/mol. The third-order valence-electron chi connectivity index (χ3n) is 4.35. The van der Waals surface area contributed by atoms with E-state index in [1.165, 1.54) is 0 Å². The van der Waals surface area contributed by atoms with E-state index in [2.05, 4.69) is 30.9 Å². The molecule has 0 bridgehead atoms. The fourth-order valence-electron chi connectivity index (χ4n) is 3.05. The van der Waals surface area contributed by atoms with Crippen LogP contribution in [0.2, 0.25) is 0 Å². The highest BCUT2D eigenvalue weighted by Gasteiger charge is 2.29. The maximum atomic E-state index is 12.3. The molecule has 128 valence electrons. The van der Waals surface area contributed by atoms with Crippen LogP contribution in [0.4, 0.5) is 0 Å². The van der Waals surface area contributed by atoms with Gasteiger partial charge in [0.15, 0.2) is 0 Å². The zero-order valence-corrected chi connectivity index (χ0v) is 14.7. The molecule has 1 aromatic carbocycles. The summed E-state index contributed by atoms with van der Waals surface area (Å²) in [6.07, 6.45) is 2.36. The first kappa shape index (κ1) is 16.7. The first-order valence-electron chi connectivity index (χ1n) is 8.59. The Balaban J connectivity index is 1.59. The molecule has 2 aromatic rings. The molecule has 3 rings (SSSR count). The Kier molecular flexibility index (Phi) is 4.69. The molecule has 0 atom stereocenters. The molecule has 5 nitrogen and oxygen atoms in total. The Bertz CT molecular complexity index is 680. The average Bonchev–Trinajstić information content (AvgIpc) is 3.04. The molecule has 0 spiro atoms. The molecule has 1 amide bonds. The lowest BCUT2D eigenvalue weighted by Crippen LogP contribution is -2.39. The minimum atomic E-state index is 0.0327. The van der Waals surface area contributed by atoms with E-state index in [0.29, 0.717) is 18.1 Å². The molecule has 1 aliphatic heterocycles. The Hall–Kier alpha value is -2.17. The summed E-state index contributed by atoms with van der Waals surface area (Å²) in [5.74, 6) is 1.82. The van der Waals surface area contributed by atoms with Crippen molar-refractivity contribution in [1.29, 1.82) is 0 Å². The van der Waals surface area contributed by atoms with Gasteiger partial charge in [0.05, 0.1) is 0 Å². The third kappa shape index (κ3) is 4.02. The van der Waals surface area contributed by atoms with E-state index in [0.717, 1.165) is 31.5 Å². The van der Waals surface area contributed by atoms with Crippen molar-refractivity contribution in [3.8, 4) is 11.4 Å². The van der Waals surface area contributed by atoms with Crippen LogP contribution in [0.3, 0.4) is 0 Å². The minimum absolute atomic E-state index is 0.0327. The highest BCUT2D eigenvalue weighted by molar-refractivity contribution is 5.76. The van der Waals surface area contributed by atoms with Crippen molar-refractivity contribution in [1.82, 2.24) is 15.0 Å². The van der Waals surface area contributed by atoms with E-state index in [-0.39, 0.29) is 17.2 Å². The normalized spacial score (nSPS) is 16.4. The standard InChI is InChI=1S/C19H25N3O2/c1-19(2,3)13-16(23)22-11-9-15(10-12-22)18-20-17(21-24-18)14-7-5-4-6-8-14/h4-8,15H,9-13H2,1-3H3. The van der Waals surface area contributed by atoms with Gasteiger partial charge in [0.1, 0.15) is 0 Å². The number of carbonyl (C=O) groups excluding carboxylic acids is 1. The Morgan fingerprint density at radius 1 is 1.21 bits per heavy atom. The molecule has 1 aromatic heterocycles. The van der Waals surface area contributed by atoms with E-state index in [4.69, 9.17) is 4.52 Å². The van der Waals surface area contributed by atoms with Gasteiger partial charge in [-0.25, -0.2) is 0 Å². The molecule has 0 aliphatic carbocycles. The monoisotopic (exact) mass is 327 g/mol. The highest BCUT2D eigenvalue weighted by atomic mass is 16.5. The van der Waals surface area contributed by atoms with E-state index in [1.807, 2.05) is 35.2 Å². The second-order valence-corrected chi connectivity index (χ2v) is 7.71. The van der Waals surface area contributed by atoms with Gasteiger partial charge in [0.25, 0.3) is 0 Å². The maximum Gasteiger partial charge on any atom is 0.230 e. The summed E-state index contributed by atoms with van der Waals surface area (Å²) >= 11 is 0. The Morgan fingerprint density at radius 2 is 1.88 bits per heavy atom. The van der Waals surface area contributed by atoms with E-state index in [9.17, 15) is 4.79 Å². The number of hydrogen-bond acceptors (Lipinski definition) is 4. The number of amides is 1. The Labute approximate surface area is 143 Å². The van der Waals surface area contributed by atoms with Crippen LogP contribution in [0.5, 0.6) is 0 Å². The summed E-state index contributed by atoms with van der Waals surface area (Å²) in [4.78, 5) is 18.8. The van der Waals surface area contributed by atoms with Crippen LogP contribution in [0.25, 0.3) is 11.4 Å². The fraction of sp³-hybridized carbons (Fsp3) is 0.526. The number of nitrogens with zero attached hydrogens (tertiary/aromatic N) is 3. The van der Waals surface area contributed by atoms with Crippen LogP contribution in [-0.2, 0) is 4.79 Å². The summed E-state index contributed by atoms with van der Waals surface area (Å²) in [6.45, 7) is 7.83. The number of carbonyl (C=O) groups is 1. The van der Waals surface area contributed by atoms with Gasteiger partial charge in [-0.1, -0.05) is 56.3 Å². The SMILES string of the molecule is CC(C)(C)CC(=O)N1CCC(c2nc(-c3ccccc3)no2)CC1. The van der Waals surface area contributed by atoms with Gasteiger partial charge >= 0.3 is 0 Å². The largest absolute Gasteiger partial charge is 0.343 e. The summed E-state index contributed by atoms with van der Waals surface area (Å²) < 4.78 is 5.47. The zero-order chi connectivity index (χ0) is 17.2. The molecule has 5 heteroatoms. The van der Waals surface area contributed by atoms with E-state index in [1.54, 1.807) is 0 Å². The number of rotatable bonds is 3. The lowest BCUT2D eigenvalue weighted by atomic mass is 9.90. The predicted octanol–water partition coefficient (Wildman–Crippen LogP) is 3.88. The number of likely N-dealkylation sites (tertiary alicyclic amines) is 1. The van der Waals surface area contributed by atoms with Crippen molar-refractivity contribution in [2.45, 2.75) is 46.0 Å². The van der Waals surface area contributed by atoms with Crippen molar-refractivity contribution < 1.29 is 9.32 Å². The third-order valence-corrected chi connectivity index (χ3v) is 4.35. The second-order valence-electron chi connectivity index (χ2n) is 7.71. The number of benzene rings is 1. The summed E-state index contributed by atoms with van der Waals surface area (Å²) in [7, 11) is 0. The van der Waals surface area contributed by atoms with Crippen LogP contribution in [0.15, 0.2) is 34.9 Å². The van der Waals surface area contributed by atoms with Gasteiger partial charge in [0, 0.05) is 31.0 Å². The quantitative estimate of drug-likeness (QED) is 0.858. The van der Waals surface area contributed by atoms with Gasteiger partial charge in [-0.05, 0) is 18.3 Å². The molecule has 24 heavy (non-hydrogen) atoms. The highest BCUT2D eigenvalue weighted by Crippen LogP contribution is 2.29. The molecule has 0 unspecified atom stereocenters. The lowest BCUT2D eigenvalue weighted by molar-refractivity contribution is -0.134. The topological polar surface area (TPSA) is 59.2 Å². The van der Waals surface area contributed by atoms with Gasteiger partial charge < -0.3 is 9.42 Å². The molecule has 1 aliphatic rings. The van der Waals surface area contributed by atoms with Gasteiger partial charge in [-0.15, -0.1) is 0 Å². The van der Waals surface area contributed by atoms with Crippen molar-refractivity contribution >= 4 is 5.91 Å². The van der Waals surface area contributed by atoms with Gasteiger partial charge in [-0.2, -0.15) is 4.98 Å². The molecule has 0 radical (unpaired) electrons. The van der Waals surface area contributed by atoms with Gasteiger partial charge in [-0.3, -0.25) is 4.79 Å². The summed E-state index contributed by atoms with van der Waals surface area (Å²) in [5.41, 5.74) is 0.996. The van der Waals surface area contributed by atoms with E-state index < -0.39 is 0 Å². The fourth-order valence-corrected chi connectivity index (χ4v) is 3.05. The van der Waals surface area contributed by atoms with Crippen molar-refractivity contribution in [2.24, 2.45) is 5.41 Å². The number of hydrogen-bond donors (Lipinski definition) is 0. The van der Waals surface area contributed by atoms with Crippen LogP contribution in [0.1, 0.15) is 51.8 Å². The summed E-state index contributed by atoms with van der Waals surface area (Å²) in [6, 6.07) is 9.84. The molecular weight excluding hydrogens is 302 g/mol. The lowest BCUT2D eigenvalue weighted by Gasteiger charge is -2.32. The van der Waals surface area contributed by atoms with E-state index >= 15 is 0 Å². The minimum Gasteiger partial charge on any atom is -0.343 e. The van der Waals surface area contributed by atoms with Crippen LogP contribution in [0, 0.1) is 5.41 Å². The first-order chi connectivity index (χ1) is 11.4. The number of piperidine rings is 1. The second kappa shape index (κ2) is 6.75. The smallest absolute Gasteiger partial charge is 0.230 e. The van der Waals surface area contributed by atoms with Gasteiger partial charge in [0.2, 0.25) is 17.6 Å². The first-order valence-corrected chi connectivity index (χ1v) is 8.59. The molecule has 0 saturated carbocycles. The molecule has 1 fully saturated rings. The molecule has 0 N–H and O–H groups in total. The Morgan fingerprint density at radius 3 is 2.50 bits per heavy atom. The average molecular weight is 327 g/mol. The van der Waals surface area contributed by atoms with Crippen LogP contribution in [-0.4, -0.2) is 34.0 Å². The van der Waals surface area contributed by atoms with Crippen LogP contribution >= 0.6 is 0 Å². The van der Waals surface area contributed by atoms with Crippen molar-refractivity contribution in [3.05, 3.63) is 36.2 Å². The molecule has 2 heterocycles.